The Bertz CT molecular complexity index is 749. The minimum absolute atomic E-state index is 0.120. The molecular weight excluding hydrogens is 302 g/mol. The van der Waals surface area contributed by atoms with Crippen molar-refractivity contribution in [2.45, 2.75) is 17.7 Å². The summed E-state index contributed by atoms with van der Waals surface area (Å²) in [6.45, 7) is 5.15. The molecule has 0 radical (unpaired) electrons. The van der Waals surface area contributed by atoms with Gasteiger partial charge in [-0.15, -0.1) is 6.58 Å². The van der Waals surface area contributed by atoms with E-state index in [-0.39, 0.29) is 4.90 Å². The highest BCUT2D eigenvalue weighted by molar-refractivity contribution is 8.08. The van der Waals surface area contributed by atoms with Gasteiger partial charge in [-0.3, -0.25) is 9.80 Å². The molecule has 22 heavy (non-hydrogen) atoms. The summed E-state index contributed by atoms with van der Waals surface area (Å²) in [5.41, 5.74) is 0.473. The maximum atomic E-state index is 12.7. The number of rotatable bonds is 3. The van der Waals surface area contributed by atoms with Gasteiger partial charge in [-0.2, -0.15) is 5.10 Å². The standard InChI is InChI=1S/C15H17N3O3S/c1-2-9-18-12-7-3-4-8-13(12)22(20,21)14(16-18)15(19)17-10-5-6-11-17/h2-4,7-8H,1,5-6,9-11H2. The first-order valence-electron chi connectivity index (χ1n) is 7.16. The van der Waals surface area contributed by atoms with Crippen LogP contribution in [0, 0.1) is 0 Å². The van der Waals surface area contributed by atoms with Gasteiger partial charge in [0.25, 0.3) is 5.91 Å². The third-order valence-corrected chi connectivity index (χ3v) is 5.47. The normalized spacial score (nSPS) is 19.5. The van der Waals surface area contributed by atoms with Crippen LogP contribution >= 0.6 is 0 Å². The van der Waals surface area contributed by atoms with E-state index in [2.05, 4.69) is 11.7 Å². The number of carbonyl (C=O) groups is 1. The first-order chi connectivity index (χ1) is 10.6. The molecule has 1 saturated heterocycles. The van der Waals surface area contributed by atoms with Crippen LogP contribution in [0.3, 0.4) is 0 Å². The molecule has 1 aromatic carbocycles. The molecule has 0 aromatic heterocycles. The van der Waals surface area contributed by atoms with E-state index in [1.165, 1.54) is 11.1 Å². The maximum absolute atomic E-state index is 12.7. The van der Waals surface area contributed by atoms with Crippen LogP contribution in [0.15, 0.2) is 46.9 Å². The molecular formula is C15H17N3O3S. The number of hydrogen-bond acceptors (Lipinski definition) is 5. The molecule has 3 rings (SSSR count). The Balaban J connectivity index is 2.09. The van der Waals surface area contributed by atoms with Crippen LogP contribution in [0.2, 0.25) is 0 Å². The minimum atomic E-state index is -3.89. The van der Waals surface area contributed by atoms with E-state index < -0.39 is 20.8 Å². The monoisotopic (exact) mass is 319 g/mol. The Morgan fingerprint density at radius 1 is 1.27 bits per heavy atom. The summed E-state index contributed by atoms with van der Waals surface area (Å²) < 4.78 is 25.4. The summed E-state index contributed by atoms with van der Waals surface area (Å²) >= 11 is 0. The molecule has 7 heteroatoms. The molecule has 0 bridgehead atoms. The van der Waals surface area contributed by atoms with Crippen LogP contribution in [-0.4, -0.2) is 43.9 Å². The third kappa shape index (κ3) is 2.31. The van der Waals surface area contributed by atoms with Gasteiger partial charge < -0.3 is 4.90 Å². The minimum Gasteiger partial charge on any atom is -0.337 e. The highest BCUT2D eigenvalue weighted by Crippen LogP contribution is 2.32. The molecule has 6 nitrogen and oxygen atoms in total. The topological polar surface area (TPSA) is 70.1 Å². The van der Waals surface area contributed by atoms with Crippen LogP contribution in [0.1, 0.15) is 12.8 Å². The smallest absolute Gasteiger partial charge is 0.286 e. The van der Waals surface area contributed by atoms with Gasteiger partial charge in [-0.25, -0.2) is 8.42 Å². The molecule has 2 aliphatic heterocycles. The number of amides is 1. The van der Waals surface area contributed by atoms with Gasteiger partial charge in [0, 0.05) is 13.1 Å². The molecule has 116 valence electrons. The SMILES string of the molecule is C=CCN1N=C(C(=O)N2CCCC2)S(=O)(=O)c2ccccc21. The number of para-hydroxylation sites is 1. The lowest BCUT2D eigenvalue weighted by Crippen LogP contribution is -2.42. The summed E-state index contributed by atoms with van der Waals surface area (Å²) in [7, 11) is -3.89. The molecule has 2 aliphatic rings. The second kappa shape index (κ2) is 5.57. The number of carbonyl (C=O) groups excluding carboxylic acids is 1. The average Bonchev–Trinajstić information content (AvgIpc) is 3.04. The first kappa shape index (κ1) is 14.8. The molecule has 0 spiro atoms. The van der Waals surface area contributed by atoms with Crippen LogP contribution < -0.4 is 5.01 Å². The Morgan fingerprint density at radius 3 is 2.64 bits per heavy atom. The zero-order chi connectivity index (χ0) is 15.7. The Labute approximate surface area is 129 Å². The van der Waals surface area contributed by atoms with Crippen LogP contribution in [0.4, 0.5) is 5.69 Å². The van der Waals surface area contributed by atoms with E-state index in [1.54, 1.807) is 29.2 Å². The van der Waals surface area contributed by atoms with Gasteiger partial charge in [-0.05, 0) is 25.0 Å². The predicted octanol–water partition coefficient (Wildman–Crippen LogP) is 1.40. The lowest BCUT2D eigenvalue weighted by Gasteiger charge is -2.27. The van der Waals surface area contributed by atoms with Crippen molar-refractivity contribution in [2.75, 3.05) is 24.6 Å². The van der Waals surface area contributed by atoms with Gasteiger partial charge in [0.2, 0.25) is 14.9 Å². The molecule has 1 fully saturated rings. The highest BCUT2D eigenvalue weighted by atomic mass is 32.2. The highest BCUT2D eigenvalue weighted by Gasteiger charge is 2.39. The number of hydrogen-bond donors (Lipinski definition) is 0. The van der Waals surface area contributed by atoms with Crippen molar-refractivity contribution >= 4 is 26.5 Å². The summed E-state index contributed by atoms with van der Waals surface area (Å²) in [6.07, 6.45) is 3.41. The van der Waals surface area contributed by atoms with Gasteiger partial charge in [0.15, 0.2) is 0 Å². The molecule has 0 unspecified atom stereocenters. The fourth-order valence-corrected chi connectivity index (χ4v) is 4.17. The molecule has 0 atom stereocenters. The van der Waals surface area contributed by atoms with Gasteiger partial charge in [0.05, 0.1) is 17.1 Å². The Hall–Kier alpha value is -2.15. The van der Waals surface area contributed by atoms with Crippen molar-refractivity contribution < 1.29 is 13.2 Å². The number of anilines is 1. The predicted molar refractivity (Wildman–Crippen MR) is 84.4 cm³/mol. The Kier molecular flexibility index (Phi) is 3.74. The van der Waals surface area contributed by atoms with E-state index in [1.807, 2.05) is 0 Å². The van der Waals surface area contributed by atoms with Gasteiger partial charge in [-0.1, -0.05) is 18.2 Å². The van der Waals surface area contributed by atoms with Crippen molar-refractivity contribution in [2.24, 2.45) is 5.10 Å². The molecule has 0 N–H and O–H groups in total. The summed E-state index contributed by atoms with van der Waals surface area (Å²) in [6, 6.07) is 6.57. The third-order valence-electron chi connectivity index (χ3n) is 3.78. The van der Waals surface area contributed by atoms with Gasteiger partial charge in [0.1, 0.15) is 0 Å². The second-order valence-electron chi connectivity index (χ2n) is 5.25. The van der Waals surface area contributed by atoms with E-state index in [4.69, 9.17) is 0 Å². The molecule has 0 saturated carbocycles. The number of likely N-dealkylation sites (tertiary alicyclic amines) is 1. The van der Waals surface area contributed by atoms with Crippen molar-refractivity contribution in [3.05, 3.63) is 36.9 Å². The van der Waals surface area contributed by atoms with Crippen LogP contribution in [0.25, 0.3) is 0 Å². The van der Waals surface area contributed by atoms with E-state index >= 15 is 0 Å². The molecule has 0 aliphatic carbocycles. The Morgan fingerprint density at radius 2 is 1.95 bits per heavy atom. The van der Waals surface area contributed by atoms with Crippen molar-refractivity contribution in [3.63, 3.8) is 0 Å². The summed E-state index contributed by atoms with van der Waals surface area (Å²) in [4.78, 5) is 14.2. The fraction of sp³-hybridized carbons (Fsp3) is 0.333. The zero-order valence-electron chi connectivity index (χ0n) is 12.1. The quantitative estimate of drug-likeness (QED) is 0.790. The van der Waals surface area contributed by atoms with E-state index in [0.717, 1.165) is 12.8 Å². The van der Waals surface area contributed by atoms with Crippen molar-refractivity contribution in [1.29, 1.82) is 0 Å². The van der Waals surface area contributed by atoms with Gasteiger partial charge >= 0.3 is 0 Å². The number of sulfone groups is 1. The summed E-state index contributed by atoms with van der Waals surface area (Å²) in [5.74, 6) is -0.513. The largest absolute Gasteiger partial charge is 0.337 e. The fourth-order valence-electron chi connectivity index (χ4n) is 2.69. The summed E-state index contributed by atoms with van der Waals surface area (Å²) in [5, 5.41) is 5.22. The first-order valence-corrected chi connectivity index (χ1v) is 8.64. The second-order valence-corrected chi connectivity index (χ2v) is 7.08. The number of fused-ring (bicyclic) bond motifs is 1. The molecule has 2 heterocycles. The van der Waals surface area contributed by atoms with Crippen molar-refractivity contribution in [1.82, 2.24) is 4.90 Å². The number of hydrazone groups is 1. The van der Waals surface area contributed by atoms with Crippen LogP contribution in [0.5, 0.6) is 0 Å². The lowest BCUT2D eigenvalue weighted by molar-refractivity contribution is -0.122. The van der Waals surface area contributed by atoms with Crippen molar-refractivity contribution in [3.8, 4) is 0 Å². The van der Waals surface area contributed by atoms with E-state index in [0.29, 0.717) is 25.3 Å². The average molecular weight is 319 g/mol. The molecule has 1 amide bonds. The van der Waals surface area contributed by atoms with E-state index in [9.17, 15) is 13.2 Å². The lowest BCUT2D eigenvalue weighted by atomic mass is 10.3. The zero-order valence-corrected chi connectivity index (χ0v) is 12.9. The molecule has 1 aromatic rings. The number of nitrogens with zero attached hydrogens (tertiary/aromatic N) is 3. The van der Waals surface area contributed by atoms with Crippen LogP contribution in [-0.2, 0) is 14.6 Å². The number of benzene rings is 1. The maximum Gasteiger partial charge on any atom is 0.286 e.